The Bertz CT molecular complexity index is 471. The second kappa shape index (κ2) is 6.93. The number of hydrogen-bond acceptors (Lipinski definition) is 6. The number of hydrogen-bond donors (Lipinski definition) is 1. The zero-order valence-corrected chi connectivity index (χ0v) is 12.2. The molecule has 0 aliphatic heterocycles. The van der Waals surface area contributed by atoms with E-state index >= 15 is 0 Å². The zero-order valence-electron chi connectivity index (χ0n) is 12.2. The van der Waals surface area contributed by atoms with Gasteiger partial charge in [-0.3, -0.25) is 9.59 Å². The lowest BCUT2D eigenvalue weighted by Gasteiger charge is -2.28. The van der Waals surface area contributed by atoms with E-state index in [9.17, 15) is 9.59 Å². The summed E-state index contributed by atoms with van der Waals surface area (Å²) in [4.78, 5) is 23.1. The fourth-order valence-electron chi connectivity index (χ4n) is 1.57. The maximum atomic E-state index is 11.8. The average Bonchev–Trinajstić information content (AvgIpc) is 2.82. The Hall–Kier alpha value is -2.05. The standard InChI is InChI=1S/C13H20N2O5/c1-5-13(3,7-12(17)18-4)14-10(16)8-19-11-6-9(2)20-15-11/h6H,5,7-8H2,1-4H3,(H,14,16)/t13-/m1/s1. The minimum atomic E-state index is -0.659. The third kappa shape index (κ3) is 4.91. The van der Waals surface area contributed by atoms with Gasteiger partial charge in [0.15, 0.2) is 6.61 Å². The van der Waals surface area contributed by atoms with Crippen LogP contribution >= 0.6 is 0 Å². The van der Waals surface area contributed by atoms with Gasteiger partial charge in [-0.1, -0.05) is 6.92 Å². The number of esters is 1. The molecule has 1 rings (SSSR count). The van der Waals surface area contributed by atoms with Crippen molar-refractivity contribution in [3.8, 4) is 5.88 Å². The number of aryl methyl sites for hydroxylation is 1. The van der Waals surface area contributed by atoms with Gasteiger partial charge in [0.25, 0.3) is 11.8 Å². The highest BCUT2D eigenvalue weighted by atomic mass is 16.5. The molecular formula is C13H20N2O5. The molecule has 1 heterocycles. The molecule has 0 radical (unpaired) electrons. The van der Waals surface area contributed by atoms with E-state index in [-0.39, 0.29) is 30.8 Å². The number of amides is 1. The average molecular weight is 284 g/mol. The molecule has 1 aromatic rings. The smallest absolute Gasteiger partial charge is 0.307 e. The summed E-state index contributed by atoms with van der Waals surface area (Å²) >= 11 is 0. The van der Waals surface area contributed by atoms with Gasteiger partial charge in [-0.2, -0.15) is 0 Å². The number of ether oxygens (including phenoxy) is 2. The zero-order chi connectivity index (χ0) is 15.2. The van der Waals surface area contributed by atoms with Crippen molar-refractivity contribution < 1.29 is 23.6 Å². The van der Waals surface area contributed by atoms with Crippen molar-refractivity contribution in [2.24, 2.45) is 0 Å². The number of nitrogens with zero attached hydrogens (tertiary/aromatic N) is 1. The van der Waals surface area contributed by atoms with Gasteiger partial charge < -0.3 is 19.3 Å². The minimum Gasteiger partial charge on any atom is -0.469 e. The van der Waals surface area contributed by atoms with Gasteiger partial charge in [-0.15, -0.1) is 0 Å². The van der Waals surface area contributed by atoms with Crippen LogP contribution in [0.1, 0.15) is 32.4 Å². The van der Waals surface area contributed by atoms with E-state index in [1.807, 2.05) is 6.92 Å². The Labute approximate surface area is 117 Å². The van der Waals surface area contributed by atoms with Crippen LogP contribution in [0.2, 0.25) is 0 Å². The summed E-state index contributed by atoms with van der Waals surface area (Å²) in [5, 5.41) is 6.38. The molecule has 0 unspecified atom stereocenters. The molecule has 1 N–H and O–H groups in total. The van der Waals surface area contributed by atoms with Crippen LogP contribution in [0, 0.1) is 6.92 Å². The normalized spacial score (nSPS) is 13.4. The van der Waals surface area contributed by atoms with E-state index in [0.29, 0.717) is 12.2 Å². The maximum absolute atomic E-state index is 11.8. The van der Waals surface area contributed by atoms with Crippen molar-refractivity contribution in [2.75, 3.05) is 13.7 Å². The van der Waals surface area contributed by atoms with Crippen LogP contribution in [0.5, 0.6) is 5.88 Å². The molecule has 0 aliphatic carbocycles. The third-order valence-electron chi connectivity index (χ3n) is 2.94. The van der Waals surface area contributed by atoms with Gasteiger partial charge in [0.05, 0.1) is 13.5 Å². The fraction of sp³-hybridized carbons (Fsp3) is 0.615. The van der Waals surface area contributed by atoms with Crippen LogP contribution in [0.25, 0.3) is 0 Å². The number of carbonyl (C=O) groups is 2. The van der Waals surface area contributed by atoms with Crippen LogP contribution in [0.4, 0.5) is 0 Å². The van der Waals surface area contributed by atoms with E-state index < -0.39 is 5.54 Å². The molecule has 0 saturated carbocycles. The van der Waals surface area contributed by atoms with E-state index in [1.165, 1.54) is 7.11 Å². The number of methoxy groups -OCH3 is 1. The van der Waals surface area contributed by atoms with Gasteiger partial charge >= 0.3 is 5.97 Å². The number of nitrogens with one attached hydrogen (secondary N) is 1. The Morgan fingerprint density at radius 1 is 1.50 bits per heavy atom. The molecular weight excluding hydrogens is 264 g/mol. The summed E-state index contributed by atoms with van der Waals surface area (Å²) in [6, 6.07) is 1.58. The van der Waals surface area contributed by atoms with Crippen molar-refractivity contribution in [2.45, 2.75) is 39.2 Å². The van der Waals surface area contributed by atoms with Gasteiger partial charge in [-0.25, -0.2) is 0 Å². The topological polar surface area (TPSA) is 90.7 Å². The van der Waals surface area contributed by atoms with Crippen LogP contribution in [0.15, 0.2) is 10.6 Å². The number of rotatable bonds is 7. The first-order valence-corrected chi connectivity index (χ1v) is 6.32. The molecule has 1 aromatic heterocycles. The van der Waals surface area contributed by atoms with E-state index in [4.69, 9.17) is 9.26 Å². The molecule has 112 valence electrons. The van der Waals surface area contributed by atoms with Gasteiger partial charge in [0.2, 0.25) is 0 Å². The summed E-state index contributed by atoms with van der Waals surface area (Å²) in [5.74, 6) is 0.148. The Morgan fingerprint density at radius 3 is 2.70 bits per heavy atom. The van der Waals surface area contributed by atoms with Crippen molar-refractivity contribution in [3.63, 3.8) is 0 Å². The lowest BCUT2D eigenvalue weighted by Crippen LogP contribution is -2.48. The van der Waals surface area contributed by atoms with Crippen LogP contribution in [0.3, 0.4) is 0 Å². The molecule has 7 nitrogen and oxygen atoms in total. The molecule has 0 fully saturated rings. The highest BCUT2D eigenvalue weighted by molar-refractivity contribution is 5.79. The van der Waals surface area contributed by atoms with Gasteiger partial charge in [0.1, 0.15) is 5.76 Å². The largest absolute Gasteiger partial charge is 0.469 e. The van der Waals surface area contributed by atoms with Gasteiger partial charge in [-0.05, 0) is 25.4 Å². The van der Waals surface area contributed by atoms with Crippen molar-refractivity contribution in [3.05, 3.63) is 11.8 Å². The van der Waals surface area contributed by atoms with Crippen molar-refractivity contribution >= 4 is 11.9 Å². The predicted octanol–water partition coefficient (Wildman–Crippen LogP) is 1.21. The summed E-state index contributed by atoms with van der Waals surface area (Å²) in [7, 11) is 1.32. The molecule has 0 aliphatic rings. The minimum absolute atomic E-state index is 0.106. The second-order valence-corrected chi connectivity index (χ2v) is 4.78. The summed E-state index contributed by atoms with van der Waals surface area (Å²) in [5.41, 5.74) is -0.659. The maximum Gasteiger partial charge on any atom is 0.307 e. The molecule has 7 heteroatoms. The van der Waals surface area contributed by atoms with Gasteiger partial charge in [0, 0.05) is 11.6 Å². The monoisotopic (exact) mass is 284 g/mol. The molecule has 0 saturated heterocycles. The van der Waals surface area contributed by atoms with E-state index in [0.717, 1.165) is 0 Å². The summed E-state index contributed by atoms with van der Waals surface area (Å²) in [6.45, 7) is 5.19. The number of carbonyl (C=O) groups excluding carboxylic acids is 2. The van der Waals surface area contributed by atoms with Crippen LogP contribution < -0.4 is 10.1 Å². The molecule has 0 bridgehead atoms. The van der Waals surface area contributed by atoms with E-state index in [1.54, 1.807) is 19.9 Å². The van der Waals surface area contributed by atoms with E-state index in [2.05, 4.69) is 15.2 Å². The highest BCUT2D eigenvalue weighted by Crippen LogP contribution is 2.15. The molecule has 1 amide bonds. The summed E-state index contributed by atoms with van der Waals surface area (Å²) < 4.78 is 14.6. The Morgan fingerprint density at radius 2 is 2.20 bits per heavy atom. The third-order valence-corrected chi connectivity index (χ3v) is 2.94. The lowest BCUT2D eigenvalue weighted by molar-refractivity contribution is -0.142. The summed E-state index contributed by atoms with van der Waals surface area (Å²) in [6.07, 6.45) is 0.700. The second-order valence-electron chi connectivity index (χ2n) is 4.78. The number of aromatic nitrogens is 1. The Kier molecular flexibility index (Phi) is 5.54. The molecule has 0 aromatic carbocycles. The fourth-order valence-corrected chi connectivity index (χ4v) is 1.57. The molecule has 20 heavy (non-hydrogen) atoms. The highest BCUT2D eigenvalue weighted by Gasteiger charge is 2.28. The first-order chi connectivity index (χ1) is 9.38. The SMILES string of the molecule is CC[C@](C)(CC(=O)OC)NC(=O)COc1cc(C)on1. The predicted molar refractivity (Wildman–Crippen MR) is 70.2 cm³/mol. The van der Waals surface area contributed by atoms with Crippen molar-refractivity contribution in [1.29, 1.82) is 0 Å². The molecule has 1 atom stereocenters. The quantitative estimate of drug-likeness (QED) is 0.757. The van der Waals surface area contributed by atoms with Crippen LogP contribution in [-0.4, -0.2) is 36.3 Å². The molecule has 0 spiro atoms. The van der Waals surface area contributed by atoms with Crippen LogP contribution in [-0.2, 0) is 14.3 Å². The van der Waals surface area contributed by atoms with Crippen molar-refractivity contribution in [1.82, 2.24) is 10.5 Å². The Balaban J connectivity index is 2.48. The first-order valence-electron chi connectivity index (χ1n) is 6.32. The lowest BCUT2D eigenvalue weighted by atomic mass is 9.94. The first kappa shape index (κ1) is 16.0.